The highest BCUT2D eigenvalue weighted by atomic mass is 32.2. The second-order valence-corrected chi connectivity index (χ2v) is 6.32. The number of hydrogen-bond donors (Lipinski definition) is 1. The normalized spacial score (nSPS) is 10.9. The predicted molar refractivity (Wildman–Crippen MR) is 85.4 cm³/mol. The van der Waals surface area contributed by atoms with Gasteiger partial charge in [-0.2, -0.15) is 0 Å². The van der Waals surface area contributed by atoms with Crippen LogP contribution in [0.25, 0.3) is 0 Å². The number of carbonyl (C=O) groups excluding carboxylic acids is 1. The van der Waals surface area contributed by atoms with Gasteiger partial charge in [-0.15, -0.1) is 0 Å². The van der Waals surface area contributed by atoms with E-state index in [1.807, 2.05) is 25.2 Å². The molecule has 4 nitrogen and oxygen atoms in total. The van der Waals surface area contributed by atoms with E-state index in [2.05, 4.69) is 35.9 Å². The van der Waals surface area contributed by atoms with Crippen molar-refractivity contribution in [3.8, 4) is 0 Å². The molecular weight excluding hydrogens is 282 g/mol. The molecule has 0 saturated carbocycles. The molecule has 0 fully saturated rings. The predicted octanol–water partition coefficient (Wildman–Crippen LogP) is 3.33. The summed E-state index contributed by atoms with van der Waals surface area (Å²) in [6, 6.07) is 10.3. The zero-order valence-electron chi connectivity index (χ0n) is 12.9. The molecule has 0 spiro atoms. The Hall–Kier alpha value is -1.75. The molecule has 5 heteroatoms. The third kappa shape index (κ3) is 3.88. The van der Waals surface area contributed by atoms with Gasteiger partial charge in [0.15, 0.2) is 0 Å². The maximum absolute atomic E-state index is 11.1. The van der Waals surface area contributed by atoms with E-state index >= 15 is 0 Å². The van der Waals surface area contributed by atoms with E-state index in [9.17, 15) is 4.79 Å². The van der Waals surface area contributed by atoms with Crippen molar-refractivity contribution in [2.24, 2.45) is 7.05 Å². The third-order valence-corrected chi connectivity index (χ3v) is 4.34. The summed E-state index contributed by atoms with van der Waals surface area (Å²) >= 11 is 1.71. The lowest BCUT2D eigenvalue weighted by molar-refractivity contribution is -0.119. The number of amides is 1. The van der Waals surface area contributed by atoms with Crippen LogP contribution in [0.5, 0.6) is 0 Å². The number of benzene rings is 1. The van der Waals surface area contributed by atoms with Gasteiger partial charge < -0.3 is 9.88 Å². The van der Waals surface area contributed by atoms with Crippen molar-refractivity contribution in [3.63, 3.8) is 0 Å². The Balaban J connectivity index is 2.31. The molecule has 1 heterocycles. The Morgan fingerprint density at radius 1 is 1.33 bits per heavy atom. The molecule has 0 saturated heterocycles. The fourth-order valence-electron chi connectivity index (χ4n) is 2.01. The average Bonchev–Trinajstić information content (AvgIpc) is 2.75. The summed E-state index contributed by atoms with van der Waals surface area (Å²) in [5.41, 5.74) is 1.08. The maximum Gasteiger partial charge on any atom is 0.217 e. The maximum atomic E-state index is 11.1. The molecule has 1 aromatic carbocycles. The molecule has 1 aromatic heterocycles. The van der Waals surface area contributed by atoms with Crippen LogP contribution in [-0.2, 0) is 18.4 Å². The van der Waals surface area contributed by atoms with E-state index in [0.29, 0.717) is 12.5 Å². The molecule has 1 amide bonds. The smallest absolute Gasteiger partial charge is 0.217 e. The molecule has 1 N–H and O–H groups in total. The van der Waals surface area contributed by atoms with E-state index in [4.69, 9.17) is 4.98 Å². The number of aromatic nitrogens is 2. The summed E-state index contributed by atoms with van der Waals surface area (Å²) in [5.74, 6) is 1.18. The number of carbonyl (C=O) groups is 1. The lowest BCUT2D eigenvalue weighted by Gasteiger charge is -2.08. The highest BCUT2D eigenvalue weighted by Gasteiger charge is 2.18. The van der Waals surface area contributed by atoms with Crippen LogP contribution in [0.1, 0.15) is 38.2 Å². The van der Waals surface area contributed by atoms with Gasteiger partial charge in [-0.05, 0) is 18.1 Å². The second-order valence-electron chi connectivity index (χ2n) is 5.26. The lowest BCUT2D eigenvalue weighted by atomic mass is 10.2. The zero-order chi connectivity index (χ0) is 15.4. The lowest BCUT2D eigenvalue weighted by Crippen LogP contribution is -2.21. The molecule has 0 bridgehead atoms. The third-order valence-electron chi connectivity index (χ3n) is 3.16. The van der Waals surface area contributed by atoms with Gasteiger partial charge in [0.2, 0.25) is 5.91 Å². The first-order chi connectivity index (χ1) is 9.99. The fraction of sp³-hybridized carbons (Fsp3) is 0.375. The number of nitrogens with zero attached hydrogens (tertiary/aromatic N) is 2. The van der Waals surface area contributed by atoms with Crippen LogP contribution in [0.4, 0.5) is 0 Å². The minimum Gasteiger partial charge on any atom is -0.349 e. The molecule has 0 unspecified atom stereocenters. The first kappa shape index (κ1) is 15.6. The molecule has 0 atom stereocenters. The van der Waals surface area contributed by atoms with Gasteiger partial charge in [0.25, 0.3) is 0 Å². The largest absolute Gasteiger partial charge is 0.349 e. The van der Waals surface area contributed by atoms with Gasteiger partial charge in [-0.3, -0.25) is 4.79 Å². The van der Waals surface area contributed by atoms with Crippen LogP contribution in [0, 0.1) is 0 Å². The Kier molecular flexibility index (Phi) is 5.07. The van der Waals surface area contributed by atoms with Crippen LogP contribution in [0.15, 0.2) is 40.3 Å². The van der Waals surface area contributed by atoms with Gasteiger partial charge in [0.05, 0.1) is 12.2 Å². The van der Waals surface area contributed by atoms with Crippen LogP contribution in [0.3, 0.4) is 0 Å². The Morgan fingerprint density at radius 2 is 2.00 bits per heavy atom. The molecule has 0 radical (unpaired) electrons. The number of nitrogens with one attached hydrogen (secondary N) is 1. The van der Waals surface area contributed by atoms with Gasteiger partial charge in [0.1, 0.15) is 10.9 Å². The van der Waals surface area contributed by atoms with Gasteiger partial charge in [-0.1, -0.05) is 43.8 Å². The number of rotatable bonds is 5. The van der Waals surface area contributed by atoms with Crippen LogP contribution in [-0.4, -0.2) is 15.5 Å². The van der Waals surface area contributed by atoms with Crippen molar-refractivity contribution in [2.75, 3.05) is 0 Å². The molecule has 112 valence electrons. The molecular formula is C16H21N3OS. The number of hydrogen-bond acceptors (Lipinski definition) is 3. The molecule has 0 aliphatic rings. The van der Waals surface area contributed by atoms with E-state index in [-0.39, 0.29) is 5.91 Å². The molecule has 2 aromatic rings. The highest BCUT2D eigenvalue weighted by molar-refractivity contribution is 7.99. The first-order valence-electron chi connectivity index (χ1n) is 7.02. The van der Waals surface area contributed by atoms with Crippen molar-refractivity contribution >= 4 is 17.7 Å². The monoisotopic (exact) mass is 303 g/mol. The summed E-state index contributed by atoms with van der Waals surface area (Å²) in [4.78, 5) is 17.0. The van der Waals surface area contributed by atoms with E-state index < -0.39 is 0 Å². The van der Waals surface area contributed by atoms with Gasteiger partial charge in [-0.25, -0.2) is 4.98 Å². The molecule has 0 aliphatic heterocycles. The van der Waals surface area contributed by atoms with Crippen LogP contribution >= 0.6 is 11.8 Å². The first-order valence-corrected chi connectivity index (χ1v) is 7.83. The second kappa shape index (κ2) is 6.80. The summed E-state index contributed by atoms with van der Waals surface area (Å²) in [6.07, 6.45) is 0. The Bertz CT molecular complexity index is 620. The minimum absolute atomic E-state index is 0.0404. The van der Waals surface area contributed by atoms with E-state index in [1.165, 1.54) is 11.8 Å². The summed E-state index contributed by atoms with van der Waals surface area (Å²) < 4.78 is 2.07. The summed E-state index contributed by atoms with van der Waals surface area (Å²) in [6.45, 7) is 6.26. The molecule has 21 heavy (non-hydrogen) atoms. The summed E-state index contributed by atoms with van der Waals surface area (Å²) in [5, 5.41) is 3.95. The highest BCUT2D eigenvalue weighted by Crippen LogP contribution is 2.33. The van der Waals surface area contributed by atoms with Crippen molar-refractivity contribution in [1.29, 1.82) is 0 Å². The Morgan fingerprint density at radius 3 is 2.57 bits per heavy atom. The van der Waals surface area contributed by atoms with E-state index in [0.717, 1.165) is 16.5 Å². The van der Waals surface area contributed by atoms with Crippen LogP contribution < -0.4 is 5.32 Å². The number of imidazole rings is 1. The Labute approximate surface area is 130 Å². The zero-order valence-corrected chi connectivity index (χ0v) is 13.7. The summed E-state index contributed by atoms with van der Waals surface area (Å²) in [7, 11) is 2.00. The van der Waals surface area contributed by atoms with E-state index in [1.54, 1.807) is 11.8 Å². The minimum atomic E-state index is -0.0404. The standard InChI is InChI=1S/C16H21N3OS/c1-11(2)15-16(21-13-8-6-5-7-9-13)19(4)14(18-15)10-17-12(3)20/h5-9,11H,10H2,1-4H3,(H,17,20). The van der Waals surface area contributed by atoms with Crippen molar-refractivity contribution in [1.82, 2.24) is 14.9 Å². The van der Waals surface area contributed by atoms with Gasteiger partial charge >= 0.3 is 0 Å². The van der Waals surface area contributed by atoms with Gasteiger partial charge in [0, 0.05) is 18.9 Å². The van der Waals surface area contributed by atoms with Crippen LogP contribution in [0.2, 0.25) is 0 Å². The topological polar surface area (TPSA) is 46.9 Å². The molecule has 0 aliphatic carbocycles. The van der Waals surface area contributed by atoms with Crippen molar-refractivity contribution < 1.29 is 4.79 Å². The van der Waals surface area contributed by atoms with Crippen molar-refractivity contribution in [3.05, 3.63) is 41.9 Å². The molecule has 2 rings (SSSR count). The van der Waals surface area contributed by atoms with Crippen molar-refractivity contribution in [2.45, 2.75) is 43.2 Å². The average molecular weight is 303 g/mol. The quantitative estimate of drug-likeness (QED) is 0.921. The fourth-order valence-corrected chi connectivity index (χ4v) is 3.15. The SMILES string of the molecule is CC(=O)NCc1nc(C(C)C)c(Sc2ccccc2)n1C.